The summed E-state index contributed by atoms with van der Waals surface area (Å²) in [5.41, 5.74) is 0.344. The molecule has 0 aromatic carbocycles. The fourth-order valence-electron chi connectivity index (χ4n) is 1.45. The zero-order valence-corrected chi connectivity index (χ0v) is 8.22. The Labute approximate surface area is 87.3 Å². The van der Waals surface area contributed by atoms with Crippen molar-refractivity contribution in [1.29, 1.82) is 0 Å². The van der Waals surface area contributed by atoms with Gasteiger partial charge in [-0.2, -0.15) is 0 Å². The van der Waals surface area contributed by atoms with Crippen molar-refractivity contribution in [2.45, 2.75) is 12.8 Å². The van der Waals surface area contributed by atoms with Crippen LogP contribution in [0, 0.1) is 0 Å². The highest BCUT2D eigenvalue weighted by Gasteiger charge is 2.19. The van der Waals surface area contributed by atoms with Crippen LogP contribution in [0.4, 0.5) is 0 Å². The molecule has 0 bridgehead atoms. The summed E-state index contributed by atoms with van der Waals surface area (Å²) in [5, 5.41) is 10.5. The first-order valence-electron chi connectivity index (χ1n) is 4.86. The van der Waals surface area contributed by atoms with Crippen LogP contribution in [0.5, 0.6) is 5.75 Å². The van der Waals surface area contributed by atoms with Gasteiger partial charge in [-0.05, 0) is 18.9 Å². The van der Waals surface area contributed by atoms with Gasteiger partial charge >= 0.3 is 0 Å². The second-order valence-electron chi connectivity index (χ2n) is 3.38. The molecule has 5 nitrogen and oxygen atoms in total. The van der Waals surface area contributed by atoms with Crippen LogP contribution in [0.3, 0.4) is 0 Å². The summed E-state index contributed by atoms with van der Waals surface area (Å²) in [4.78, 5) is 20.8. The topological polar surface area (TPSA) is 62.7 Å². The monoisotopic (exact) mass is 208 g/mol. The molecule has 1 N–H and O–H groups in total. The molecule has 0 spiro atoms. The van der Waals surface area contributed by atoms with Gasteiger partial charge in [-0.15, -0.1) is 0 Å². The van der Waals surface area contributed by atoms with E-state index in [9.17, 15) is 9.90 Å². The number of hydroxylamine groups is 2. The minimum Gasteiger partial charge on any atom is -0.506 e. The van der Waals surface area contributed by atoms with Gasteiger partial charge in [-0.3, -0.25) is 14.6 Å². The first-order chi connectivity index (χ1) is 7.27. The van der Waals surface area contributed by atoms with Crippen molar-refractivity contribution in [1.82, 2.24) is 10.0 Å². The van der Waals surface area contributed by atoms with Gasteiger partial charge in [-0.1, -0.05) is 0 Å². The molecule has 0 saturated carbocycles. The summed E-state index contributed by atoms with van der Waals surface area (Å²) in [7, 11) is 0. The molecule has 2 rings (SSSR count). The van der Waals surface area contributed by atoms with Crippen molar-refractivity contribution in [3.05, 3.63) is 24.0 Å². The van der Waals surface area contributed by atoms with Gasteiger partial charge in [-0.25, -0.2) is 5.06 Å². The number of aromatic nitrogens is 1. The first-order valence-corrected chi connectivity index (χ1v) is 4.86. The van der Waals surface area contributed by atoms with Gasteiger partial charge in [0.05, 0.1) is 18.4 Å². The van der Waals surface area contributed by atoms with E-state index in [2.05, 4.69) is 4.98 Å². The summed E-state index contributed by atoms with van der Waals surface area (Å²) < 4.78 is 0. The molecule has 1 aliphatic rings. The SMILES string of the molecule is O=C(c1cncc(O)c1)N1CCCCO1. The number of carbonyl (C=O) groups excluding carboxylic acids is 1. The summed E-state index contributed by atoms with van der Waals surface area (Å²) in [5.74, 6) is -0.268. The lowest BCUT2D eigenvalue weighted by atomic mass is 10.2. The Bertz CT molecular complexity index is 361. The second kappa shape index (κ2) is 4.27. The Morgan fingerprint density at radius 1 is 1.47 bits per heavy atom. The molecule has 1 saturated heterocycles. The molecule has 0 aliphatic carbocycles. The van der Waals surface area contributed by atoms with Gasteiger partial charge in [0.2, 0.25) is 0 Å². The molecule has 5 heteroatoms. The van der Waals surface area contributed by atoms with E-state index in [1.54, 1.807) is 0 Å². The predicted molar refractivity (Wildman–Crippen MR) is 52.1 cm³/mol. The van der Waals surface area contributed by atoms with Gasteiger partial charge in [0, 0.05) is 12.7 Å². The van der Waals surface area contributed by atoms with Crippen LogP contribution >= 0.6 is 0 Å². The molecular formula is C10H12N2O3. The largest absolute Gasteiger partial charge is 0.506 e. The Morgan fingerprint density at radius 3 is 3.00 bits per heavy atom. The molecule has 15 heavy (non-hydrogen) atoms. The van der Waals surface area contributed by atoms with Crippen LogP contribution in [0.1, 0.15) is 23.2 Å². The van der Waals surface area contributed by atoms with E-state index in [4.69, 9.17) is 4.84 Å². The maximum absolute atomic E-state index is 11.8. The minimum atomic E-state index is -0.252. The summed E-state index contributed by atoms with van der Waals surface area (Å²) in [6.07, 6.45) is 4.62. The van der Waals surface area contributed by atoms with Crippen LogP contribution in [0.15, 0.2) is 18.5 Å². The standard InChI is InChI=1S/C10H12N2O3/c13-9-5-8(6-11-7-9)10(14)12-3-1-2-4-15-12/h5-7,13H,1-4H2. The van der Waals surface area contributed by atoms with Crippen LogP contribution < -0.4 is 0 Å². The normalized spacial score (nSPS) is 16.4. The van der Waals surface area contributed by atoms with Crippen molar-refractivity contribution in [2.75, 3.05) is 13.2 Å². The number of hydrogen-bond acceptors (Lipinski definition) is 4. The lowest BCUT2D eigenvalue weighted by Gasteiger charge is -2.25. The van der Waals surface area contributed by atoms with Crippen LogP contribution in [0.25, 0.3) is 0 Å². The van der Waals surface area contributed by atoms with Gasteiger partial charge < -0.3 is 5.11 Å². The van der Waals surface area contributed by atoms with Gasteiger partial charge in [0.1, 0.15) is 5.75 Å². The van der Waals surface area contributed by atoms with Gasteiger partial charge in [0.25, 0.3) is 5.91 Å². The van der Waals surface area contributed by atoms with Crippen molar-refractivity contribution in [2.24, 2.45) is 0 Å². The molecule has 2 heterocycles. The van der Waals surface area contributed by atoms with Gasteiger partial charge in [0.15, 0.2) is 0 Å². The van der Waals surface area contributed by atoms with E-state index in [0.29, 0.717) is 18.7 Å². The molecule has 0 unspecified atom stereocenters. The zero-order chi connectivity index (χ0) is 10.7. The fourth-order valence-corrected chi connectivity index (χ4v) is 1.45. The number of hydrogen-bond donors (Lipinski definition) is 1. The number of amides is 1. The van der Waals surface area contributed by atoms with Crippen molar-refractivity contribution in [3.8, 4) is 5.75 Å². The summed E-state index contributed by atoms with van der Waals surface area (Å²) >= 11 is 0. The average molecular weight is 208 g/mol. The van der Waals surface area contributed by atoms with E-state index < -0.39 is 0 Å². The maximum Gasteiger partial charge on any atom is 0.279 e. The Balaban J connectivity index is 2.12. The molecule has 1 fully saturated rings. The minimum absolute atomic E-state index is 0.0159. The van der Waals surface area contributed by atoms with E-state index in [-0.39, 0.29) is 11.7 Å². The molecule has 1 amide bonds. The lowest BCUT2D eigenvalue weighted by molar-refractivity contribution is -0.144. The molecule has 0 radical (unpaired) electrons. The van der Waals surface area contributed by atoms with Crippen LogP contribution in [0.2, 0.25) is 0 Å². The van der Waals surface area contributed by atoms with Crippen molar-refractivity contribution >= 4 is 5.91 Å². The first kappa shape index (κ1) is 9.92. The maximum atomic E-state index is 11.8. The molecule has 1 aliphatic heterocycles. The van der Waals surface area contributed by atoms with Crippen molar-refractivity contribution in [3.63, 3.8) is 0 Å². The third kappa shape index (κ3) is 2.24. The smallest absolute Gasteiger partial charge is 0.279 e. The number of rotatable bonds is 1. The third-order valence-electron chi connectivity index (χ3n) is 2.20. The van der Waals surface area contributed by atoms with E-state index >= 15 is 0 Å². The number of pyridine rings is 1. The van der Waals surface area contributed by atoms with E-state index in [1.807, 2.05) is 0 Å². The highest BCUT2D eigenvalue weighted by atomic mass is 16.7. The Kier molecular flexibility index (Phi) is 2.82. The van der Waals surface area contributed by atoms with Crippen LogP contribution in [-0.4, -0.2) is 34.2 Å². The van der Waals surface area contributed by atoms with E-state index in [0.717, 1.165) is 12.8 Å². The van der Waals surface area contributed by atoms with Crippen molar-refractivity contribution < 1.29 is 14.7 Å². The van der Waals surface area contributed by atoms with Crippen LogP contribution in [-0.2, 0) is 4.84 Å². The molecular weight excluding hydrogens is 196 g/mol. The van der Waals surface area contributed by atoms with E-state index in [1.165, 1.54) is 23.5 Å². The molecule has 1 aromatic heterocycles. The molecule has 1 aromatic rings. The third-order valence-corrected chi connectivity index (χ3v) is 2.20. The zero-order valence-electron chi connectivity index (χ0n) is 8.22. The highest BCUT2D eigenvalue weighted by molar-refractivity contribution is 5.93. The highest BCUT2D eigenvalue weighted by Crippen LogP contribution is 2.14. The lowest BCUT2D eigenvalue weighted by Crippen LogP contribution is -2.35. The number of aromatic hydroxyl groups is 1. The fraction of sp³-hybridized carbons (Fsp3) is 0.400. The molecule has 0 atom stereocenters. The Hall–Kier alpha value is -1.62. The predicted octanol–water partition coefficient (Wildman–Crippen LogP) is 0.955. The quantitative estimate of drug-likeness (QED) is 0.746. The Morgan fingerprint density at radius 2 is 2.33 bits per heavy atom. The second-order valence-corrected chi connectivity index (χ2v) is 3.38. The summed E-state index contributed by atoms with van der Waals surface area (Å²) in [6.45, 7) is 1.16. The average Bonchev–Trinajstić information content (AvgIpc) is 2.29. The molecule has 80 valence electrons. The number of carbonyl (C=O) groups is 1. The summed E-state index contributed by atoms with van der Waals surface area (Å²) in [6, 6.07) is 1.38. The number of nitrogens with zero attached hydrogens (tertiary/aromatic N) is 2.